The highest BCUT2D eigenvalue weighted by Crippen LogP contribution is 2.26. The van der Waals surface area contributed by atoms with Gasteiger partial charge in [0.05, 0.1) is 31.1 Å². The molecule has 23 heavy (non-hydrogen) atoms. The Labute approximate surface area is 141 Å². The number of ether oxygens (including phenoxy) is 2. The first-order valence-corrected chi connectivity index (χ1v) is 8.19. The lowest BCUT2D eigenvalue weighted by atomic mass is 9.97. The number of hydrogen-bond donors (Lipinski definition) is 0. The maximum absolute atomic E-state index is 12.5. The van der Waals surface area contributed by atoms with E-state index in [4.69, 9.17) is 21.1 Å². The molecule has 1 heterocycles. The first-order valence-electron chi connectivity index (χ1n) is 7.82. The van der Waals surface area contributed by atoms with Gasteiger partial charge in [0.1, 0.15) is 5.75 Å². The molecule has 6 heteroatoms. The molecule has 0 N–H and O–H groups in total. The van der Waals surface area contributed by atoms with E-state index in [9.17, 15) is 9.59 Å². The molecular formula is C17H22ClNO4. The van der Waals surface area contributed by atoms with Crippen molar-refractivity contribution in [2.24, 2.45) is 5.92 Å². The molecular weight excluding hydrogens is 318 g/mol. The number of carbonyl (C=O) groups is 2. The fourth-order valence-corrected chi connectivity index (χ4v) is 3.04. The van der Waals surface area contributed by atoms with Gasteiger partial charge >= 0.3 is 5.97 Å². The summed E-state index contributed by atoms with van der Waals surface area (Å²) in [5.74, 6) is 0.160. The van der Waals surface area contributed by atoms with Gasteiger partial charge < -0.3 is 14.4 Å². The number of nitrogens with zero attached hydrogens (tertiary/aromatic N) is 1. The van der Waals surface area contributed by atoms with Gasteiger partial charge in [0.2, 0.25) is 5.91 Å². The number of likely N-dealkylation sites (tertiary alicyclic amines) is 1. The molecule has 0 aromatic heterocycles. The van der Waals surface area contributed by atoms with Gasteiger partial charge in [0.15, 0.2) is 0 Å². The van der Waals surface area contributed by atoms with Crippen molar-refractivity contribution in [2.45, 2.75) is 26.2 Å². The molecule has 1 fully saturated rings. The van der Waals surface area contributed by atoms with Crippen LogP contribution in [-0.2, 0) is 20.7 Å². The zero-order valence-electron chi connectivity index (χ0n) is 13.5. The summed E-state index contributed by atoms with van der Waals surface area (Å²) in [5, 5.41) is 0.487. The Hall–Kier alpha value is -1.75. The van der Waals surface area contributed by atoms with Crippen molar-refractivity contribution in [3.8, 4) is 5.75 Å². The van der Waals surface area contributed by atoms with Crippen molar-refractivity contribution >= 4 is 23.5 Å². The predicted octanol–water partition coefficient (Wildman–Crippen LogP) is 2.69. The van der Waals surface area contributed by atoms with Crippen LogP contribution >= 0.6 is 11.6 Å². The molecule has 1 amide bonds. The van der Waals surface area contributed by atoms with Crippen LogP contribution in [0.2, 0.25) is 5.02 Å². The molecule has 0 saturated carbocycles. The first kappa shape index (κ1) is 17.6. The molecule has 1 aromatic rings. The summed E-state index contributed by atoms with van der Waals surface area (Å²) in [6.07, 6.45) is 1.86. The molecule has 1 atom stereocenters. The normalized spacial score (nSPS) is 17.7. The first-order chi connectivity index (χ1) is 11.0. The summed E-state index contributed by atoms with van der Waals surface area (Å²) < 4.78 is 10.2. The fraction of sp³-hybridized carbons (Fsp3) is 0.529. The van der Waals surface area contributed by atoms with Crippen LogP contribution in [0.1, 0.15) is 25.3 Å². The molecule has 2 rings (SSSR count). The van der Waals surface area contributed by atoms with Crippen molar-refractivity contribution in [3.05, 3.63) is 28.8 Å². The number of methoxy groups -OCH3 is 1. The van der Waals surface area contributed by atoms with Gasteiger partial charge in [-0.1, -0.05) is 17.7 Å². The van der Waals surface area contributed by atoms with Crippen LogP contribution in [0.15, 0.2) is 18.2 Å². The minimum absolute atomic E-state index is 0.000215. The number of amides is 1. The Morgan fingerprint density at radius 1 is 1.39 bits per heavy atom. The van der Waals surface area contributed by atoms with E-state index in [1.807, 2.05) is 6.07 Å². The molecule has 0 bridgehead atoms. The van der Waals surface area contributed by atoms with Crippen molar-refractivity contribution in [1.82, 2.24) is 4.90 Å². The van der Waals surface area contributed by atoms with Crippen LogP contribution in [0.4, 0.5) is 0 Å². The molecule has 1 aromatic carbocycles. The molecule has 0 aliphatic carbocycles. The Kier molecular flexibility index (Phi) is 6.28. The monoisotopic (exact) mass is 339 g/mol. The van der Waals surface area contributed by atoms with Gasteiger partial charge in [0.25, 0.3) is 0 Å². The summed E-state index contributed by atoms with van der Waals surface area (Å²) in [6.45, 7) is 3.27. The lowest BCUT2D eigenvalue weighted by molar-refractivity contribution is -0.151. The SMILES string of the molecule is CCOC(=O)C1CCCN(C(=O)Cc2ccc(OC)c(Cl)c2)C1. The van der Waals surface area contributed by atoms with Crippen LogP contribution in [0.3, 0.4) is 0 Å². The maximum atomic E-state index is 12.5. The molecule has 0 spiro atoms. The van der Waals surface area contributed by atoms with E-state index < -0.39 is 0 Å². The summed E-state index contributed by atoms with van der Waals surface area (Å²) in [5.41, 5.74) is 0.832. The van der Waals surface area contributed by atoms with Gasteiger partial charge in [-0.15, -0.1) is 0 Å². The third kappa shape index (κ3) is 4.61. The number of rotatable bonds is 5. The van der Waals surface area contributed by atoms with Crippen LogP contribution in [0, 0.1) is 5.92 Å². The second-order valence-corrected chi connectivity index (χ2v) is 5.98. The largest absolute Gasteiger partial charge is 0.495 e. The van der Waals surface area contributed by atoms with Gasteiger partial charge in [-0.25, -0.2) is 0 Å². The van der Waals surface area contributed by atoms with Crippen LogP contribution in [-0.4, -0.2) is 43.6 Å². The number of piperidine rings is 1. The fourth-order valence-electron chi connectivity index (χ4n) is 2.76. The van der Waals surface area contributed by atoms with Crippen molar-refractivity contribution < 1.29 is 19.1 Å². The van der Waals surface area contributed by atoms with Gasteiger partial charge in [0, 0.05) is 13.1 Å². The van der Waals surface area contributed by atoms with Crippen molar-refractivity contribution in [2.75, 3.05) is 26.8 Å². The third-order valence-corrected chi connectivity index (χ3v) is 4.26. The Balaban J connectivity index is 1.97. The van der Waals surface area contributed by atoms with Crippen LogP contribution < -0.4 is 4.74 Å². The number of esters is 1. The number of hydrogen-bond acceptors (Lipinski definition) is 4. The molecule has 5 nitrogen and oxygen atoms in total. The topological polar surface area (TPSA) is 55.8 Å². The van der Waals surface area contributed by atoms with E-state index in [1.165, 1.54) is 0 Å². The van der Waals surface area contributed by atoms with E-state index in [0.29, 0.717) is 30.5 Å². The van der Waals surface area contributed by atoms with E-state index >= 15 is 0 Å². The zero-order chi connectivity index (χ0) is 16.8. The molecule has 1 unspecified atom stereocenters. The number of carbonyl (C=O) groups excluding carboxylic acids is 2. The smallest absolute Gasteiger partial charge is 0.310 e. The van der Waals surface area contributed by atoms with E-state index in [-0.39, 0.29) is 24.2 Å². The van der Waals surface area contributed by atoms with Crippen LogP contribution in [0.25, 0.3) is 0 Å². The molecule has 1 aliphatic heterocycles. The van der Waals surface area contributed by atoms with Crippen molar-refractivity contribution in [1.29, 1.82) is 0 Å². The van der Waals surface area contributed by atoms with E-state index in [2.05, 4.69) is 0 Å². The highest BCUT2D eigenvalue weighted by atomic mass is 35.5. The molecule has 1 saturated heterocycles. The predicted molar refractivity (Wildman–Crippen MR) is 87.6 cm³/mol. The molecule has 1 aliphatic rings. The average Bonchev–Trinajstić information content (AvgIpc) is 2.55. The second-order valence-electron chi connectivity index (χ2n) is 5.58. The molecule has 126 valence electrons. The number of halogens is 1. The Morgan fingerprint density at radius 3 is 2.83 bits per heavy atom. The van der Waals surface area contributed by atoms with Gasteiger partial charge in [-0.05, 0) is 37.5 Å². The average molecular weight is 340 g/mol. The Bertz CT molecular complexity index is 576. The third-order valence-electron chi connectivity index (χ3n) is 3.97. The standard InChI is InChI=1S/C17H22ClNO4/c1-3-23-17(21)13-5-4-8-19(11-13)16(20)10-12-6-7-15(22-2)14(18)9-12/h6-7,9,13H,3-5,8,10-11H2,1-2H3. The van der Waals surface area contributed by atoms with Crippen LogP contribution in [0.5, 0.6) is 5.75 Å². The minimum Gasteiger partial charge on any atom is -0.495 e. The Morgan fingerprint density at radius 2 is 2.17 bits per heavy atom. The quantitative estimate of drug-likeness (QED) is 0.774. The summed E-state index contributed by atoms with van der Waals surface area (Å²) in [4.78, 5) is 26.0. The highest BCUT2D eigenvalue weighted by molar-refractivity contribution is 6.32. The molecule has 0 radical (unpaired) electrons. The summed E-state index contributed by atoms with van der Waals surface area (Å²) in [7, 11) is 1.55. The summed E-state index contributed by atoms with van der Waals surface area (Å²) in [6, 6.07) is 5.32. The van der Waals surface area contributed by atoms with Gasteiger partial charge in [-0.2, -0.15) is 0 Å². The van der Waals surface area contributed by atoms with E-state index in [0.717, 1.165) is 18.4 Å². The number of benzene rings is 1. The van der Waals surface area contributed by atoms with Gasteiger partial charge in [-0.3, -0.25) is 9.59 Å². The minimum atomic E-state index is -0.216. The second kappa shape index (κ2) is 8.20. The van der Waals surface area contributed by atoms with E-state index in [1.54, 1.807) is 31.1 Å². The zero-order valence-corrected chi connectivity index (χ0v) is 14.3. The maximum Gasteiger partial charge on any atom is 0.310 e. The highest BCUT2D eigenvalue weighted by Gasteiger charge is 2.29. The summed E-state index contributed by atoms with van der Waals surface area (Å²) >= 11 is 6.09. The lowest BCUT2D eigenvalue weighted by Crippen LogP contribution is -2.43. The van der Waals surface area contributed by atoms with Crippen molar-refractivity contribution in [3.63, 3.8) is 0 Å². The lowest BCUT2D eigenvalue weighted by Gasteiger charge is -2.31.